The number of likely N-dealkylation sites (tertiary alicyclic amines) is 1. The number of rotatable bonds is 2. The lowest BCUT2D eigenvalue weighted by Crippen LogP contribution is -2.31. The lowest BCUT2D eigenvalue weighted by atomic mass is 10.1. The predicted molar refractivity (Wildman–Crippen MR) is 98.6 cm³/mol. The van der Waals surface area contributed by atoms with E-state index in [0.29, 0.717) is 40.0 Å². The first-order chi connectivity index (χ1) is 13.2. The number of carbonyl (C=O) groups excluding carboxylic acids is 1. The molecule has 0 radical (unpaired) electrons. The minimum Gasteiger partial charge on any atom is -0.340 e. The minimum absolute atomic E-state index is 0.0877. The van der Waals surface area contributed by atoms with Crippen molar-refractivity contribution in [3.63, 3.8) is 0 Å². The van der Waals surface area contributed by atoms with E-state index < -0.39 is 0 Å². The van der Waals surface area contributed by atoms with Gasteiger partial charge < -0.3 is 9.88 Å². The first-order valence-electron chi connectivity index (χ1n) is 8.86. The molecule has 1 aliphatic heterocycles. The number of amides is 1. The highest BCUT2D eigenvalue weighted by molar-refractivity contribution is 6.04. The molecule has 6 nitrogen and oxygen atoms in total. The molecule has 7 heteroatoms. The molecule has 1 amide bonds. The summed E-state index contributed by atoms with van der Waals surface area (Å²) in [5.41, 5.74) is 3.16. The molecule has 5 rings (SSSR count). The molecular formula is C20H16FN5O. The average Bonchev–Trinajstić information content (AvgIpc) is 3.33. The zero-order valence-electron chi connectivity index (χ0n) is 14.4. The normalized spacial score (nSPS) is 17.1. The number of carbonyl (C=O) groups is 1. The van der Waals surface area contributed by atoms with Crippen LogP contribution in [0.2, 0.25) is 0 Å². The Morgan fingerprint density at radius 3 is 2.96 bits per heavy atom. The van der Waals surface area contributed by atoms with Crippen LogP contribution in [0, 0.1) is 5.82 Å². The molecule has 1 fully saturated rings. The third-order valence-corrected chi connectivity index (χ3v) is 5.02. The highest BCUT2D eigenvalue weighted by atomic mass is 19.1. The number of nitrogens with zero attached hydrogens (tertiary/aromatic N) is 4. The maximum atomic E-state index is 13.5. The largest absolute Gasteiger partial charge is 0.340 e. The van der Waals surface area contributed by atoms with Crippen LogP contribution in [0.3, 0.4) is 0 Å². The molecule has 0 unspecified atom stereocenters. The zero-order valence-corrected chi connectivity index (χ0v) is 14.4. The molecule has 0 bridgehead atoms. The van der Waals surface area contributed by atoms with Crippen LogP contribution in [0.5, 0.6) is 0 Å². The third-order valence-electron chi connectivity index (χ3n) is 5.02. The van der Waals surface area contributed by atoms with Gasteiger partial charge in [0.1, 0.15) is 17.2 Å². The molecule has 0 saturated carbocycles. The topological polar surface area (TPSA) is 74.8 Å². The third kappa shape index (κ3) is 2.63. The second-order valence-electron chi connectivity index (χ2n) is 6.67. The summed E-state index contributed by atoms with van der Waals surface area (Å²) in [5.74, 6) is 0.286. The lowest BCUT2D eigenvalue weighted by molar-refractivity contribution is 0.0732. The van der Waals surface area contributed by atoms with E-state index in [1.54, 1.807) is 24.5 Å². The molecule has 27 heavy (non-hydrogen) atoms. The van der Waals surface area contributed by atoms with Crippen molar-refractivity contribution in [2.45, 2.75) is 18.9 Å². The van der Waals surface area contributed by atoms with Gasteiger partial charge in [-0.1, -0.05) is 6.07 Å². The quantitative estimate of drug-likeness (QED) is 0.592. The molecule has 1 saturated heterocycles. The summed E-state index contributed by atoms with van der Waals surface area (Å²) in [6, 6.07) is 9.73. The molecule has 1 aliphatic rings. The monoisotopic (exact) mass is 361 g/mol. The maximum Gasteiger partial charge on any atom is 0.256 e. The summed E-state index contributed by atoms with van der Waals surface area (Å²) < 4.78 is 13.5. The fourth-order valence-electron chi connectivity index (χ4n) is 3.77. The molecule has 1 N–H and O–H groups in total. The summed E-state index contributed by atoms with van der Waals surface area (Å²) in [6.45, 7) is 0.644. The number of aromatic amines is 1. The standard InChI is InChI=1S/C20H16FN5O/c21-12-6-7-14-16(11-12)25-19(24-14)17-5-2-10-26(17)20(27)13-3-1-4-15-18(13)23-9-8-22-15/h1,3-4,6-9,11,17H,2,5,10H2,(H,24,25)/t17-/m0/s1. The summed E-state index contributed by atoms with van der Waals surface area (Å²) >= 11 is 0. The van der Waals surface area contributed by atoms with Crippen molar-refractivity contribution in [3.05, 3.63) is 66.0 Å². The number of H-pyrrole nitrogens is 1. The molecule has 1 atom stereocenters. The Balaban J connectivity index is 1.54. The van der Waals surface area contributed by atoms with Crippen molar-refractivity contribution in [1.82, 2.24) is 24.8 Å². The zero-order chi connectivity index (χ0) is 18.4. The second kappa shape index (κ2) is 6.12. The van der Waals surface area contributed by atoms with E-state index in [4.69, 9.17) is 0 Å². The predicted octanol–water partition coefficient (Wildman–Crippen LogP) is 3.62. The van der Waals surface area contributed by atoms with Crippen molar-refractivity contribution in [3.8, 4) is 0 Å². The smallest absolute Gasteiger partial charge is 0.256 e. The van der Waals surface area contributed by atoms with Gasteiger partial charge in [-0.05, 0) is 43.2 Å². The summed E-state index contributed by atoms with van der Waals surface area (Å²) in [4.78, 5) is 31.5. The van der Waals surface area contributed by atoms with Crippen molar-refractivity contribution in [1.29, 1.82) is 0 Å². The SMILES string of the molecule is O=C(c1cccc2nccnc12)N1CCC[C@H]1c1nc2ccc(F)cc2[nH]1. The van der Waals surface area contributed by atoms with Crippen LogP contribution < -0.4 is 0 Å². The first kappa shape index (κ1) is 15.9. The molecule has 4 aromatic rings. The van der Waals surface area contributed by atoms with E-state index in [2.05, 4.69) is 19.9 Å². The van der Waals surface area contributed by atoms with Gasteiger partial charge in [0.25, 0.3) is 5.91 Å². The van der Waals surface area contributed by atoms with Gasteiger partial charge in [0.05, 0.1) is 28.2 Å². The highest BCUT2D eigenvalue weighted by Gasteiger charge is 2.33. The van der Waals surface area contributed by atoms with Crippen LogP contribution in [0.15, 0.2) is 48.8 Å². The Kier molecular flexibility index (Phi) is 3.60. The van der Waals surface area contributed by atoms with Gasteiger partial charge in [-0.15, -0.1) is 0 Å². The molecule has 0 aliphatic carbocycles. The summed E-state index contributed by atoms with van der Waals surface area (Å²) in [7, 11) is 0. The first-order valence-corrected chi connectivity index (χ1v) is 8.86. The Hall–Kier alpha value is -3.35. The van der Waals surface area contributed by atoms with Crippen LogP contribution in [0.1, 0.15) is 35.1 Å². The Morgan fingerprint density at radius 1 is 1.15 bits per heavy atom. The number of nitrogens with one attached hydrogen (secondary N) is 1. The molecule has 2 aromatic heterocycles. The average molecular weight is 361 g/mol. The van der Waals surface area contributed by atoms with Crippen LogP contribution in [0.4, 0.5) is 4.39 Å². The van der Waals surface area contributed by atoms with E-state index in [9.17, 15) is 9.18 Å². The molecular weight excluding hydrogens is 345 g/mol. The van der Waals surface area contributed by atoms with Gasteiger partial charge in [-0.25, -0.2) is 9.37 Å². The molecule has 2 aromatic carbocycles. The van der Waals surface area contributed by atoms with Crippen LogP contribution >= 0.6 is 0 Å². The number of benzene rings is 2. The number of halogens is 1. The molecule has 3 heterocycles. The van der Waals surface area contributed by atoms with Gasteiger partial charge in [0.15, 0.2) is 0 Å². The number of fused-ring (bicyclic) bond motifs is 2. The fraction of sp³-hybridized carbons (Fsp3) is 0.200. The number of para-hydroxylation sites is 1. The van der Waals surface area contributed by atoms with Gasteiger partial charge in [-0.2, -0.15) is 0 Å². The van der Waals surface area contributed by atoms with Gasteiger partial charge >= 0.3 is 0 Å². The summed E-state index contributed by atoms with van der Waals surface area (Å²) in [6.07, 6.45) is 4.90. The maximum absolute atomic E-state index is 13.5. The summed E-state index contributed by atoms with van der Waals surface area (Å²) in [5, 5.41) is 0. The van der Waals surface area contributed by atoms with Crippen molar-refractivity contribution in [2.75, 3.05) is 6.54 Å². The number of aromatic nitrogens is 4. The van der Waals surface area contributed by atoms with Gasteiger partial charge in [0.2, 0.25) is 0 Å². The lowest BCUT2D eigenvalue weighted by Gasteiger charge is -2.23. The Morgan fingerprint density at radius 2 is 2.04 bits per heavy atom. The van der Waals surface area contributed by atoms with Crippen LogP contribution in [-0.2, 0) is 0 Å². The Labute approximate surface area is 154 Å². The van der Waals surface area contributed by atoms with E-state index in [1.165, 1.54) is 12.1 Å². The molecule has 134 valence electrons. The highest BCUT2D eigenvalue weighted by Crippen LogP contribution is 2.33. The minimum atomic E-state index is -0.314. The van der Waals surface area contributed by atoms with Crippen molar-refractivity contribution < 1.29 is 9.18 Å². The van der Waals surface area contributed by atoms with E-state index >= 15 is 0 Å². The van der Waals surface area contributed by atoms with Gasteiger partial charge in [-0.3, -0.25) is 14.8 Å². The van der Waals surface area contributed by atoms with Crippen molar-refractivity contribution in [2.24, 2.45) is 0 Å². The number of hydrogen-bond donors (Lipinski definition) is 1. The van der Waals surface area contributed by atoms with E-state index in [1.807, 2.05) is 17.0 Å². The Bertz CT molecular complexity index is 1170. The van der Waals surface area contributed by atoms with Crippen molar-refractivity contribution >= 4 is 28.0 Å². The van der Waals surface area contributed by atoms with Crippen LogP contribution in [0.25, 0.3) is 22.1 Å². The number of hydrogen-bond acceptors (Lipinski definition) is 4. The van der Waals surface area contributed by atoms with E-state index in [-0.39, 0.29) is 17.8 Å². The van der Waals surface area contributed by atoms with Crippen LogP contribution in [-0.4, -0.2) is 37.3 Å². The van der Waals surface area contributed by atoms with E-state index in [0.717, 1.165) is 12.8 Å². The molecule has 0 spiro atoms. The second-order valence-corrected chi connectivity index (χ2v) is 6.67. The number of imidazole rings is 1. The van der Waals surface area contributed by atoms with Gasteiger partial charge in [0, 0.05) is 18.9 Å². The fourth-order valence-corrected chi connectivity index (χ4v) is 3.77.